The van der Waals surface area contributed by atoms with Crippen LogP contribution in [0.15, 0.2) is 133 Å². The number of carbonyl (C=O) groups is 4. The van der Waals surface area contributed by atoms with Crippen LogP contribution in [0.4, 0.5) is 0 Å². The van der Waals surface area contributed by atoms with Crippen LogP contribution in [0.3, 0.4) is 0 Å². The third-order valence-electron chi connectivity index (χ3n) is 5.63. The lowest BCUT2D eigenvalue weighted by Crippen LogP contribution is -2.53. The quantitative estimate of drug-likeness (QED) is 0.116. The van der Waals surface area contributed by atoms with E-state index in [-0.39, 0.29) is 28.6 Å². The molecular weight excluding hydrogens is 512 g/mol. The van der Waals surface area contributed by atoms with Crippen molar-refractivity contribution in [3.63, 3.8) is 0 Å². The molecule has 4 aromatic rings. The Hall–Kier alpha value is -5.50. The van der Waals surface area contributed by atoms with E-state index in [1.54, 1.807) is 72.8 Å². The topological polar surface area (TPSA) is 105 Å². The van der Waals surface area contributed by atoms with Crippen LogP contribution in [0.5, 0.6) is 23.0 Å². The maximum absolute atomic E-state index is 13.8. The van der Waals surface area contributed by atoms with Gasteiger partial charge in [-0.3, -0.25) is 0 Å². The molecular formula is C32H24O8. The van der Waals surface area contributed by atoms with E-state index >= 15 is 0 Å². The maximum Gasteiger partial charge on any atom is 0.340 e. The van der Waals surface area contributed by atoms with Crippen molar-refractivity contribution in [3.05, 3.63) is 133 Å². The molecule has 8 nitrogen and oxygen atoms in total. The van der Waals surface area contributed by atoms with Gasteiger partial charge in [-0.2, -0.15) is 0 Å². The molecule has 0 aromatic heterocycles. The van der Waals surface area contributed by atoms with E-state index in [1.807, 2.05) is 0 Å². The van der Waals surface area contributed by atoms with Gasteiger partial charge in [-0.25, -0.2) is 19.2 Å². The predicted molar refractivity (Wildman–Crippen MR) is 144 cm³/mol. The minimum absolute atomic E-state index is 0.0503. The van der Waals surface area contributed by atoms with Crippen LogP contribution in [0.25, 0.3) is 0 Å². The highest BCUT2D eigenvalue weighted by Crippen LogP contribution is 2.34. The summed E-state index contributed by atoms with van der Waals surface area (Å²) in [5, 5.41) is 0. The number of carbonyl (C=O) groups excluding carboxylic acids is 4. The monoisotopic (exact) mass is 536 g/mol. The van der Waals surface area contributed by atoms with Crippen molar-refractivity contribution in [2.24, 2.45) is 5.41 Å². The highest BCUT2D eigenvalue weighted by molar-refractivity contribution is 6.20. The molecule has 4 aromatic carbocycles. The molecule has 4 rings (SSSR count). The Balaban J connectivity index is 1.75. The summed E-state index contributed by atoms with van der Waals surface area (Å²) >= 11 is 0. The van der Waals surface area contributed by atoms with Crippen LogP contribution in [0.2, 0.25) is 0 Å². The summed E-state index contributed by atoms with van der Waals surface area (Å²) < 4.78 is 21.7. The normalized spacial score (nSPS) is 10.6. The third-order valence-corrected chi connectivity index (χ3v) is 5.63. The molecule has 0 bridgehead atoms. The van der Waals surface area contributed by atoms with Crippen LogP contribution < -0.4 is 18.9 Å². The zero-order valence-electron chi connectivity index (χ0n) is 21.2. The molecule has 0 saturated heterocycles. The fourth-order valence-corrected chi connectivity index (χ4v) is 3.57. The zero-order chi connectivity index (χ0) is 28.4. The molecule has 0 unspecified atom stereocenters. The average Bonchev–Trinajstić information content (AvgIpc) is 2.97. The van der Waals surface area contributed by atoms with E-state index in [1.165, 1.54) is 48.5 Å². The Morgan fingerprint density at radius 1 is 0.475 bits per heavy atom. The largest absolute Gasteiger partial charge is 0.425 e. The van der Waals surface area contributed by atoms with Gasteiger partial charge in [0.15, 0.2) is 0 Å². The highest BCUT2D eigenvalue weighted by atomic mass is 16.6. The number of esters is 4. The van der Waals surface area contributed by atoms with Gasteiger partial charge in [-0.15, -0.1) is 0 Å². The lowest BCUT2D eigenvalue weighted by molar-refractivity contribution is -0.171. The van der Waals surface area contributed by atoms with Crippen molar-refractivity contribution in [1.82, 2.24) is 0 Å². The SMILES string of the molecule is C=C(CC(C(=O)Oc1ccccc1)(C(=O)Oc1ccccc1)C(=O)Oc1ccccc1)C(=O)Oc1ccccc1. The van der Waals surface area contributed by atoms with Crippen LogP contribution >= 0.6 is 0 Å². The first kappa shape index (κ1) is 27.5. The highest BCUT2D eigenvalue weighted by Gasteiger charge is 2.59. The van der Waals surface area contributed by atoms with Gasteiger partial charge in [0.25, 0.3) is 5.41 Å². The molecule has 0 spiro atoms. The molecule has 8 heteroatoms. The van der Waals surface area contributed by atoms with Crippen LogP contribution in [-0.4, -0.2) is 23.9 Å². The fraction of sp³-hybridized carbons (Fsp3) is 0.0625. The van der Waals surface area contributed by atoms with Crippen molar-refractivity contribution in [2.45, 2.75) is 6.42 Å². The van der Waals surface area contributed by atoms with Gasteiger partial charge < -0.3 is 18.9 Å². The van der Waals surface area contributed by atoms with Crippen molar-refractivity contribution in [3.8, 4) is 23.0 Å². The number of benzene rings is 4. The second kappa shape index (κ2) is 12.8. The lowest BCUT2D eigenvalue weighted by Gasteiger charge is -2.27. The number of hydrogen-bond acceptors (Lipinski definition) is 8. The Morgan fingerprint density at radius 2 is 0.750 bits per heavy atom. The number of rotatable bonds is 10. The molecule has 0 fully saturated rings. The smallest absolute Gasteiger partial charge is 0.340 e. The van der Waals surface area contributed by atoms with Crippen LogP contribution in [0.1, 0.15) is 6.42 Å². The summed E-state index contributed by atoms with van der Waals surface area (Å²) in [7, 11) is 0. The zero-order valence-corrected chi connectivity index (χ0v) is 21.2. The first-order valence-corrected chi connectivity index (χ1v) is 12.2. The lowest BCUT2D eigenvalue weighted by atomic mass is 9.81. The number of ether oxygens (including phenoxy) is 4. The summed E-state index contributed by atoms with van der Waals surface area (Å²) in [6, 6.07) is 31.6. The van der Waals surface area contributed by atoms with Crippen molar-refractivity contribution in [1.29, 1.82) is 0 Å². The molecule has 40 heavy (non-hydrogen) atoms. The minimum atomic E-state index is -2.80. The number of para-hydroxylation sites is 4. The van der Waals surface area contributed by atoms with Gasteiger partial charge in [0.2, 0.25) is 0 Å². The molecule has 0 atom stereocenters. The van der Waals surface area contributed by atoms with Crippen molar-refractivity contribution < 1.29 is 38.1 Å². The predicted octanol–water partition coefficient (Wildman–Crippen LogP) is 5.34. The molecule has 200 valence electrons. The molecule has 0 aliphatic rings. The Morgan fingerprint density at radius 3 is 1.05 bits per heavy atom. The minimum Gasteiger partial charge on any atom is -0.425 e. The molecule has 0 amide bonds. The van der Waals surface area contributed by atoms with E-state index in [0.717, 1.165) is 0 Å². The summed E-state index contributed by atoms with van der Waals surface area (Å²) in [4.78, 5) is 54.3. The van der Waals surface area contributed by atoms with Gasteiger partial charge in [0.1, 0.15) is 23.0 Å². The van der Waals surface area contributed by atoms with E-state index in [4.69, 9.17) is 18.9 Å². The molecule has 0 radical (unpaired) electrons. The van der Waals surface area contributed by atoms with E-state index < -0.39 is 35.7 Å². The van der Waals surface area contributed by atoms with Gasteiger partial charge in [0.05, 0.1) is 0 Å². The van der Waals surface area contributed by atoms with Gasteiger partial charge in [-0.1, -0.05) is 79.4 Å². The van der Waals surface area contributed by atoms with Gasteiger partial charge in [0, 0.05) is 12.0 Å². The summed E-state index contributed by atoms with van der Waals surface area (Å²) in [6.07, 6.45) is -0.846. The van der Waals surface area contributed by atoms with E-state index in [2.05, 4.69) is 6.58 Å². The van der Waals surface area contributed by atoms with E-state index in [9.17, 15) is 19.2 Å². The fourth-order valence-electron chi connectivity index (χ4n) is 3.57. The summed E-state index contributed by atoms with van der Waals surface area (Å²) in [6.45, 7) is 3.71. The Labute approximate surface area is 230 Å². The first-order chi connectivity index (χ1) is 19.4. The number of hydrogen-bond donors (Lipinski definition) is 0. The Bertz CT molecular complexity index is 1350. The average molecular weight is 537 g/mol. The molecule has 0 saturated carbocycles. The van der Waals surface area contributed by atoms with Gasteiger partial charge in [-0.05, 0) is 48.5 Å². The van der Waals surface area contributed by atoms with Crippen molar-refractivity contribution >= 4 is 23.9 Å². The summed E-state index contributed by atoms with van der Waals surface area (Å²) in [5.74, 6) is -4.59. The molecule has 0 N–H and O–H groups in total. The first-order valence-electron chi connectivity index (χ1n) is 12.2. The van der Waals surface area contributed by atoms with E-state index in [0.29, 0.717) is 0 Å². The molecule has 0 aliphatic heterocycles. The third kappa shape index (κ3) is 6.68. The van der Waals surface area contributed by atoms with Crippen LogP contribution in [0, 0.1) is 5.41 Å². The second-order valence-corrected chi connectivity index (χ2v) is 8.50. The second-order valence-electron chi connectivity index (χ2n) is 8.50. The van der Waals surface area contributed by atoms with Crippen molar-refractivity contribution in [2.75, 3.05) is 0 Å². The van der Waals surface area contributed by atoms with Crippen LogP contribution in [-0.2, 0) is 19.2 Å². The Kier molecular flexibility index (Phi) is 8.84. The molecule has 0 aliphatic carbocycles. The maximum atomic E-state index is 13.8. The summed E-state index contributed by atoms with van der Waals surface area (Å²) in [5.41, 5.74) is -3.17. The molecule has 0 heterocycles. The van der Waals surface area contributed by atoms with Gasteiger partial charge >= 0.3 is 23.9 Å². The standard InChI is InChI=1S/C32H24O8/c1-23(28(33)37-24-14-6-2-7-15-24)22-32(29(34)38-25-16-8-3-9-17-25,30(35)39-26-18-10-4-11-19-26)31(36)40-27-20-12-5-13-21-27/h2-21H,1,22H2.